The maximum Gasteiger partial charge on any atom is 0.216 e. The molecule has 0 bridgehead atoms. The number of nitrogens with one attached hydrogen (secondary N) is 1. The van der Waals surface area contributed by atoms with E-state index in [1.807, 2.05) is 6.92 Å². The minimum atomic E-state index is -3.20. The molecule has 0 aliphatic carbocycles. The van der Waals surface area contributed by atoms with Gasteiger partial charge < -0.3 is 5.32 Å². The second-order valence-electron chi connectivity index (χ2n) is 4.11. The van der Waals surface area contributed by atoms with Crippen molar-refractivity contribution in [3.63, 3.8) is 0 Å². The minimum Gasteiger partial charge on any atom is -0.313 e. The lowest BCUT2D eigenvalue weighted by Gasteiger charge is -2.21. The van der Waals surface area contributed by atoms with Crippen LogP contribution < -0.4 is 5.32 Å². The van der Waals surface area contributed by atoms with Crippen molar-refractivity contribution < 1.29 is 8.42 Å². The summed E-state index contributed by atoms with van der Waals surface area (Å²) in [6.45, 7) is 3.57. The second kappa shape index (κ2) is 6.24. The number of sulfonamides is 1. The Balaban J connectivity index is 2.61. The Kier molecular flexibility index (Phi) is 5.26. The van der Waals surface area contributed by atoms with Crippen molar-refractivity contribution in [1.82, 2.24) is 9.62 Å². The van der Waals surface area contributed by atoms with E-state index in [1.54, 1.807) is 0 Å². The molecule has 0 radical (unpaired) electrons. The van der Waals surface area contributed by atoms with Crippen molar-refractivity contribution >= 4 is 10.0 Å². The van der Waals surface area contributed by atoms with Crippen LogP contribution in [0.5, 0.6) is 0 Å². The first-order chi connectivity index (χ1) is 7.60. The van der Waals surface area contributed by atoms with Crippen molar-refractivity contribution in [3.05, 3.63) is 0 Å². The van der Waals surface area contributed by atoms with E-state index in [4.69, 9.17) is 6.42 Å². The number of hydrogen-bond donors (Lipinski definition) is 1. The molecule has 0 aromatic carbocycles. The fourth-order valence-electron chi connectivity index (χ4n) is 1.93. The van der Waals surface area contributed by atoms with Crippen LogP contribution in [-0.4, -0.2) is 44.2 Å². The lowest BCUT2D eigenvalue weighted by Crippen LogP contribution is -2.40. The van der Waals surface area contributed by atoms with Gasteiger partial charge in [-0.3, -0.25) is 0 Å². The highest BCUT2D eigenvalue weighted by Gasteiger charge is 2.26. The Morgan fingerprint density at radius 2 is 2.31 bits per heavy atom. The monoisotopic (exact) mass is 244 g/mol. The molecule has 92 valence electrons. The first kappa shape index (κ1) is 13.5. The summed E-state index contributed by atoms with van der Waals surface area (Å²) in [4.78, 5) is 0. The molecule has 1 heterocycles. The summed E-state index contributed by atoms with van der Waals surface area (Å²) in [6.07, 6.45) is 7.98. The molecule has 0 amide bonds. The van der Waals surface area contributed by atoms with Gasteiger partial charge in [-0.25, -0.2) is 8.42 Å². The van der Waals surface area contributed by atoms with Crippen molar-refractivity contribution in [1.29, 1.82) is 0 Å². The minimum absolute atomic E-state index is 0.0992. The fourth-order valence-corrected chi connectivity index (χ4v) is 3.66. The van der Waals surface area contributed by atoms with Gasteiger partial charge in [-0.1, -0.05) is 12.8 Å². The highest BCUT2D eigenvalue weighted by Crippen LogP contribution is 2.11. The van der Waals surface area contributed by atoms with Gasteiger partial charge in [-0.2, -0.15) is 4.31 Å². The third kappa shape index (κ3) is 3.78. The molecule has 5 heteroatoms. The molecule has 4 nitrogen and oxygen atoms in total. The highest BCUT2D eigenvalue weighted by molar-refractivity contribution is 7.89. The van der Waals surface area contributed by atoms with Gasteiger partial charge in [0.2, 0.25) is 10.0 Å². The molecule has 1 fully saturated rings. The Bertz CT molecular complexity index is 339. The average Bonchev–Trinajstić information content (AvgIpc) is 2.69. The molecule has 1 aliphatic heterocycles. The van der Waals surface area contributed by atoms with Crippen molar-refractivity contribution in [2.75, 3.05) is 25.4 Å². The van der Waals surface area contributed by atoms with Gasteiger partial charge in [0.15, 0.2) is 0 Å². The van der Waals surface area contributed by atoms with Gasteiger partial charge >= 0.3 is 0 Å². The molecular formula is C11H20N2O2S. The molecule has 0 aromatic heterocycles. The van der Waals surface area contributed by atoms with Crippen LogP contribution in [0.2, 0.25) is 0 Å². The molecule has 1 atom stereocenters. The van der Waals surface area contributed by atoms with Crippen molar-refractivity contribution in [2.24, 2.45) is 0 Å². The first-order valence-corrected chi connectivity index (χ1v) is 7.35. The number of nitrogens with zero attached hydrogens (tertiary/aromatic N) is 1. The standard InChI is InChI=1S/C11H20N2O2S/c1-3-8-13(9-4-2)16(14,15)10-11-6-5-7-12-11/h1,11-12H,4-10H2,2H3. The Labute approximate surface area is 98.5 Å². The van der Waals surface area contributed by atoms with E-state index in [1.165, 1.54) is 4.31 Å². The van der Waals surface area contributed by atoms with Crippen LogP contribution in [-0.2, 0) is 10.0 Å². The van der Waals surface area contributed by atoms with Crippen LogP contribution in [0.4, 0.5) is 0 Å². The normalized spacial score (nSPS) is 21.2. The molecule has 16 heavy (non-hydrogen) atoms. The van der Waals surface area contributed by atoms with E-state index in [9.17, 15) is 8.42 Å². The topological polar surface area (TPSA) is 49.4 Å². The zero-order chi connectivity index (χ0) is 12.0. The number of rotatable bonds is 6. The molecule has 1 unspecified atom stereocenters. The van der Waals surface area contributed by atoms with Gasteiger partial charge in [0, 0.05) is 12.6 Å². The van der Waals surface area contributed by atoms with Gasteiger partial charge in [0.1, 0.15) is 0 Å². The highest BCUT2D eigenvalue weighted by atomic mass is 32.2. The van der Waals surface area contributed by atoms with Gasteiger partial charge in [0.05, 0.1) is 12.3 Å². The summed E-state index contributed by atoms with van der Waals surface area (Å²) in [5.41, 5.74) is 0. The van der Waals surface area contributed by atoms with Crippen LogP contribution >= 0.6 is 0 Å². The molecule has 0 spiro atoms. The van der Waals surface area contributed by atoms with E-state index >= 15 is 0 Å². The predicted molar refractivity (Wildman–Crippen MR) is 65.5 cm³/mol. The summed E-state index contributed by atoms with van der Waals surface area (Å²) in [7, 11) is -3.20. The molecule has 1 N–H and O–H groups in total. The third-order valence-electron chi connectivity index (χ3n) is 2.71. The van der Waals surface area contributed by atoms with Gasteiger partial charge in [-0.05, 0) is 25.8 Å². The lowest BCUT2D eigenvalue weighted by atomic mass is 10.3. The smallest absolute Gasteiger partial charge is 0.216 e. The zero-order valence-electron chi connectivity index (χ0n) is 9.78. The largest absolute Gasteiger partial charge is 0.313 e. The second-order valence-corrected chi connectivity index (χ2v) is 6.12. The molecule has 0 saturated carbocycles. The van der Waals surface area contributed by atoms with E-state index in [2.05, 4.69) is 11.2 Å². The van der Waals surface area contributed by atoms with E-state index < -0.39 is 10.0 Å². The molecule has 0 aromatic rings. The van der Waals surface area contributed by atoms with E-state index in [0.29, 0.717) is 6.54 Å². The van der Waals surface area contributed by atoms with Crippen LogP contribution in [0.15, 0.2) is 0 Å². The third-order valence-corrected chi connectivity index (χ3v) is 4.63. The molecule has 1 saturated heterocycles. The summed E-state index contributed by atoms with van der Waals surface area (Å²) < 4.78 is 25.5. The van der Waals surface area contributed by atoms with E-state index in [0.717, 1.165) is 25.8 Å². The molecule has 1 aliphatic rings. The SMILES string of the molecule is C#CCN(CCC)S(=O)(=O)CC1CCCN1. The van der Waals surface area contributed by atoms with Crippen molar-refractivity contribution in [2.45, 2.75) is 32.2 Å². The lowest BCUT2D eigenvalue weighted by molar-refractivity contribution is 0.440. The zero-order valence-corrected chi connectivity index (χ0v) is 10.6. The molecular weight excluding hydrogens is 224 g/mol. The van der Waals surface area contributed by atoms with Gasteiger partial charge in [0.25, 0.3) is 0 Å². The summed E-state index contributed by atoms with van der Waals surface area (Å²) in [5, 5.41) is 3.19. The number of terminal acetylenes is 1. The van der Waals surface area contributed by atoms with Crippen LogP contribution in [0, 0.1) is 12.3 Å². The number of hydrogen-bond acceptors (Lipinski definition) is 3. The quantitative estimate of drug-likeness (QED) is 0.689. The van der Waals surface area contributed by atoms with Crippen LogP contribution in [0.25, 0.3) is 0 Å². The fraction of sp³-hybridized carbons (Fsp3) is 0.818. The Hall–Kier alpha value is -0.570. The summed E-state index contributed by atoms with van der Waals surface area (Å²) >= 11 is 0. The maximum absolute atomic E-state index is 12.1. The van der Waals surface area contributed by atoms with Gasteiger partial charge in [-0.15, -0.1) is 6.42 Å². The van der Waals surface area contributed by atoms with Crippen molar-refractivity contribution in [3.8, 4) is 12.3 Å². The summed E-state index contributed by atoms with van der Waals surface area (Å²) in [5.74, 6) is 2.59. The predicted octanol–water partition coefficient (Wildman–Crippen LogP) is 0.413. The Morgan fingerprint density at radius 1 is 1.56 bits per heavy atom. The average molecular weight is 244 g/mol. The summed E-state index contributed by atoms with van der Waals surface area (Å²) in [6, 6.07) is 0.0992. The van der Waals surface area contributed by atoms with Crippen LogP contribution in [0.3, 0.4) is 0 Å². The Morgan fingerprint density at radius 3 is 2.81 bits per heavy atom. The molecule has 1 rings (SSSR count). The first-order valence-electron chi connectivity index (χ1n) is 5.75. The maximum atomic E-state index is 12.1. The van der Waals surface area contributed by atoms with Crippen LogP contribution in [0.1, 0.15) is 26.2 Å². The van der Waals surface area contributed by atoms with E-state index in [-0.39, 0.29) is 18.3 Å².